The minimum Gasteiger partial charge on any atom is -0.207 e. The summed E-state index contributed by atoms with van der Waals surface area (Å²) in [4.78, 5) is 0. The van der Waals surface area contributed by atoms with Gasteiger partial charge in [-0.15, -0.1) is 0 Å². The molecule has 2 aromatic rings. The summed E-state index contributed by atoms with van der Waals surface area (Å²) in [6.45, 7) is 0. The topological polar surface area (TPSA) is 0 Å². The lowest BCUT2D eigenvalue weighted by Crippen LogP contribution is -1.88. The molecule has 0 heterocycles. The first-order chi connectivity index (χ1) is 7.18. The first-order valence-electron chi connectivity index (χ1n) is 4.38. The molecule has 0 saturated carbocycles. The van der Waals surface area contributed by atoms with Gasteiger partial charge >= 0.3 is 0 Å². The van der Waals surface area contributed by atoms with Crippen LogP contribution < -0.4 is 0 Å². The van der Waals surface area contributed by atoms with E-state index < -0.39 is 11.6 Å². The van der Waals surface area contributed by atoms with Gasteiger partial charge in [-0.2, -0.15) is 0 Å². The molecule has 0 nitrogen and oxygen atoms in total. The van der Waals surface area contributed by atoms with Crippen molar-refractivity contribution in [2.45, 2.75) is 0 Å². The molecular weight excluding hydrogens is 309 g/mol. The van der Waals surface area contributed by atoms with Gasteiger partial charge in [0.1, 0.15) is 11.6 Å². The second kappa shape index (κ2) is 4.26. The van der Waals surface area contributed by atoms with Crippen LogP contribution in [0.15, 0.2) is 42.5 Å². The number of hydrogen-bond donors (Lipinski definition) is 0. The van der Waals surface area contributed by atoms with Crippen LogP contribution in [-0.2, 0) is 0 Å². The third-order valence-corrected chi connectivity index (χ3v) is 3.03. The minimum atomic E-state index is -0.425. The van der Waals surface area contributed by atoms with Crippen LogP contribution in [0.3, 0.4) is 0 Å². The standard InChI is InChI=1S/C12H7F2I/c13-8-5-6-11(14)10(7-8)9-3-1-2-4-12(9)15/h1-7H. The predicted octanol–water partition coefficient (Wildman–Crippen LogP) is 4.24. The van der Waals surface area contributed by atoms with E-state index in [1.165, 1.54) is 6.07 Å². The second-order valence-corrected chi connectivity index (χ2v) is 4.27. The van der Waals surface area contributed by atoms with E-state index >= 15 is 0 Å². The summed E-state index contributed by atoms with van der Waals surface area (Å²) in [5.41, 5.74) is 1.02. The molecule has 76 valence electrons. The van der Waals surface area contributed by atoms with E-state index in [9.17, 15) is 8.78 Å². The molecule has 0 unspecified atom stereocenters. The summed E-state index contributed by atoms with van der Waals surface area (Å²) in [5, 5.41) is 0. The van der Waals surface area contributed by atoms with Gasteiger partial charge in [0.2, 0.25) is 0 Å². The van der Waals surface area contributed by atoms with Gasteiger partial charge in [-0.1, -0.05) is 18.2 Å². The van der Waals surface area contributed by atoms with Gasteiger partial charge in [0.05, 0.1) is 0 Å². The van der Waals surface area contributed by atoms with Crippen LogP contribution in [-0.4, -0.2) is 0 Å². The zero-order valence-corrected chi connectivity index (χ0v) is 9.83. The maximum Gasteiger partial charge on any atom is 0.131 e. The largest absolute Gasteiger partial charge is 0.207 e. The van der Waals surface area contributed by atoms with Crippen LogP contribution in [0.5, 0.6) is 0 Å². The Balaban J connectivity index is 2.64. The van der Waals surface area contributed by atoms with Gasteiger partial charge < -0.3 is 0 Å². The third kappa shape index (κ3) is 2.17. The molecule has 15 heavy (non-hydrogen) atoms. The van der Waals surface area contributed by atoms with Crippen molar-refractivity contribution in [3.8, 4) is 11.1 Å². The quantitative estimate of drug-likeness (QED) is 0.691. The SMILES string of the molecule is Fc1ccc(F)c(-c2ccccc2I)c1. The van der Waals surface area contributed by atoms with Crippen LogP contribution in [0.4, 0.5) is 8.78 Å². The number of benzene rings is 2. The Morgan fingerprint density at radius 1 is 0.867 bits per heavy atom. The Morgan fingerprint density at radius 3 is 2.33 bits per heavy atom. The van der Waals surface area contributed by atoms with Crippen molar-refractivity contribution < 1.29 is 8.78 Å². The molecule has 0 aliphatic heterocycles. The van der Waals surface area contributed by atoms with Crippen LogP contribution >= 0.6 is 22.6 Å². The van der Waals surface area contributed by atoms with Crippen molar-refractivity contribution in [1.82, 2.24) is 0 Å². The molecule has 0 spiro atoms. The van der Waals surface area contributed by atoms with E-state index in [1.54, 1.807) is 6.07 Å². The average molecular weight is 316 g/mol. The van der Waals surface area contributed by atoms with Crippen LogP contribution in [0.2, 0.25) is 0 Å². The van der Waals surface area contributed by atoms with Gasteiger partial charge in [0.25, 0.3) is 0 Å². The van der Waals surface area contributed by atoms with Crippen molar-refractivity contribution in [2.24, 2.45) is 0 Å². The molecule has 0 N–H and O–H groups in total. The molecule has 0 aliphatic carbocycles. The van der Waals surface area contributed by atoms with Crippen molar-refractivity contribution in [3.63, 3.8) is 0 Å². The zero-order valence-electron chi connectivity index (χ0n) is 7.68. The summed E-state index contributed by atoms with van der Waals surface area (Å²) in [5.74, 6) is -0.827. The highest BCUT2D eigenvalue weighted by molar-refractivity contribution is 14.1. The molecule has 0 amide bonds. The van der Waals surface area contributed by atoms with E-state index in [1.807, 2.05) is 18.2 Å². The van der Waals surface area contributed by atoms with Gasteiger partial charge in [0, 0.05) is 9.13 Å². The number of hydrogen-bond acceptors (Lipinski definition) is 0. The van der Waals surface area contributed by atoms with Crippen molar-refractivity contribution in [1.29, 1.82) is 0 Å². The zero-order chi connectivity index (χ0) is 10.8. The van der Waals surface area contributed by atoms with Crippen molar-refractivity contribution >= 4 is 22.6 Å². The normalized spacial score (nSPS) is 10.3. The summed E-state index contributed by atoms with van der Waals surface area (Å²) >= 11 is 2.10. The van der Waals surface area contributed by atoms with Gasteiger partial charge in [-0.3, -0.25) is 0 Å². The molecule has 2 rings (SSSR count). The molecule has 0 fully saturated rings. The fourth-order valence-electron chi connectivity index (χ4n) is 1.38. The van der Waals surface area contributed by atoms with Gasteiger partial charge in [0.15, 0.2) is 0 Å². The molecule has 0 aromatic heterocycles. The Morgan fingerprint density at radius 2 is 1.60 bits per heavy atom. The lowest BCUT2D eigenvalue weighted by atomic mass is 10.1. The van der Waals surface area contributed by atoms with E-state index in [4.69, 9.17) is 0 Å². The Labute approximate surface area is 100 Å². The number of rotatable bonds is 1. The van der Waals surface area contributed by atoms with E-state index in [-0.39, 0.29) is 0 Å². The van der Waals surface area contributed by atoms with Crippen LogP contribution in [0, 0.1) is 15.2 Å². The van der Waals surface area contributed by atoms with Crippen molar-refractivity contribution in [3.05, 3.63) is 57.7 Å². The molecule has 0 radical (unpaired) electrons. The highest BCUT2D eigenvalue weighted by Crippen LogP contribution is 2.27. The maximum atomic E-state index is 13.5. The lowest BCUT2D eigenvalue weighted by Gasteiger charge is -2.05. The van der Waals surface area contributed by atoms with Crippen LogP contribution in [0.25, 0.3) is 11.1 Å². The minimum absolute atomic E-state index is 0.306. The Kier molecular flexibility index (Phi) is 3.00. The van der Waals surface area contributed by atoms with E-state index in [0.717, 1.165) is 21.3 Å². The molecule has 0 saturated heterocycles. The molecule has 3 heteroatoms. The smallest absolute Gasteiger partial charge is 0.131 e. The van der Waals surface area contributed by atoms with Crippen LogP contribution in [0.1, 0.15) is 0 Å². The first-order valence-corrected chi connectivity index (χ1v) is 5.46. The summed E-state index contributed by atoms with van der Waals surface area (Å²) in [6.07, 6.45) is 0. The van der Waals surface area contributed by atoms with E-state index in [0.29, 0.717) is 5.56 Å². The predicted molar refractivity (Wildman–Crippen MR) is 64.5 cm³/mol. The fourth-order valence-corrected chi connectivity index (χ4v) is 2.06. The van der Waals surface area contributed by atoms with Gasteiger partial charge in [-0.05, 0) is 52.4 Å². The molecule has 0 bridgehead atoms. The third-order valence-electron chi connectivity index (χ3n) is 2.09. The highest BCUT2D eigenvalue weighted by atomic mass is 127. The first kappa shape index (κ1) is 10.5. The summed E-state index contributed by atoms with van der Waals surface area (Å²) in [6, 6.07) is 10.8. The summed E-state index contributed by atoms with van der Waals surface area (Å²) < 4.78 is 27.4. The number of halogens is 3. The molecule has 2 aromatic carbocycles. The fraction of sp³-hybridized carbons (Fsp3) is 0. The monoisotopic (exact) mass is 316 g/mol. The highest BCUT2D eigenvalue weighted by Gasteiger charge is 2.08. The Hall–Kier alpha value is -0.970. The molecule has 0 atom stereocenters. The maximum absolute atomic E-state index is 13.5. The second-order valence-electron chi connectivity index (χ2n) is 3.10. The molecule has 0 aliphatic rings. The summed E-state index contributed by atoms with van der Waals surface area (Å²) in [7, 11) is 0. The average Bonchev–Trinajstić information content (AvgIpc) is 2.23. The van der Waals surface area contributed by atoms with Gasteiger partial charge in [-0.25, -0.2) is 8.78 Å². The lowest BCUT2D eigenvalue weighted by molar-refractivity contribution is 0.603. The Bertz CT molecular complexity index is 495. The van der Waals surface area contributed by atoms with Crippen molar-refractivity contribution in [2.75, 3.05) is 0 Å². The molecular formula is C12H7F2I. The van der Waals surface area contributed by atoms with E-state index in [2.05, 4.69) is 22.6 Å².